The summed E-state index contributed by atoms with van der Waals surface area (Å²) in [6, 6.07) is -0.452. The van der Waals surface area contributed by atoms with Gasteiger partial charge in [0, 0.05) is 6.04 Å². The molecule has 1 rings (SSSR count). The molecular weight excluding hydrogens is 147 g/mol. The van der Waals surface area contributed by atoms with E-state index >= 15 is 0 Å². The minimum absolute atomic E-state index is 0.0180. The fourth-order valence-corrected chi connectivity index (χ4v) is 0.879. The largest absolute Gasteiger partial charge is 0.414 e. The topological polar surface area (TPSA) is 35.2 Å². The fourth-order valence-electron chi connectivity index (χ4n) is 0.879. The number of nitrogens with two attached hydrogens (primary N) is 1. The van der Waals surface area contributed by atoms with Crippen molar-refractivity contribution >= 4 is 0 Å². The van der Waals surface area contributed by atoms with Gasteiger partial charge in [0.15, 0.2) is 6.10 Å². The monoisotopic (exact) mass is 155 g/mol. The van der Waals surface area contributed by atoms with Crippen LogP contribution in [0.25, 0.3) is 0 Å². The van der Waals surface area contributed by atoms with Gasteiger partial charge in [0.25, 0.3) is 0 Å². The first-order valence-electron chi connectivity index (χ1n) is 2.94. The molecule has 2 atom stereocenters. The minimum atomic E-state index is -4.24. The third kappa shape index (κ3) is 1.60. The van der Waals surface area contributed by atoms with Crippen molar-refractivity contribution in [2.24, 2.45) is 5.73 Å². The molecule has 60 valence electrons. The Morgan fingerprint density at radius 3 is 2.20 bits per heavy atom. The van der Waals surface area contributed by atoms with Gasteiger partial charge in [0.1, 0.15) is 0 Å². The van der Waals surface area contributed by atoms with E-state index in [4.69, 9.17) is 5.73 Å². The van der Waals surface area contributed by atoms with Gasteiger partial charge in [-0.2, -0.15) is 13.2 Å². The van der Waals surface area contributed by atoms with Gasteiger partial charge in [-0.05, 0) is 6.42 Å². The van der Waals surface area contributed by atoms with Gasteiger partial charge in [-0.1, -0.05) is 0 Å². The second-order valence-electron chi connectivity index (χ2n) is 2.36. The molecule has 0 amide bonds. The molecular formula is C5H8F3NO. The van der Waals surface area contributed by atoms with Gasteiger partial charge >= 0.3 is 6.18 Å². The van der Waals surface area contributed by atoms with Gasteiger partial charge in [0.05, 0.1) is 6.61 Å². The van der Waals surface area contributed by atoms with Crippen LogP contribution < -0.4 is 5.73 Å². The van der Waals surface area contributed by atoms with Crippen molar-refractivity contribution in [1.29, 1.82) is 0 Å². The molecule has 0 aromatic heterocycles. The molecule has 1 aliphatic rings. The smallest absolute Gasteiger partial charge is 0.367 e. The summed E-state index contributed by atoms with van der Waals surface area (Å²) in [6.45, 7) is 0.0180. The van der Waals surface area contributed by atoms with E-state index in [9.17, 15) is 13.2 Å². The lowest BCUT2D eigenvalue weighted by Crippen LogP contribution is -2.29. The van der Waals surface area contributed by atoms with Gasteiger partial charge in [-0.3, -0.25) is 0 Å². The van der Waals surface area contributed by atoms with Crippen molar-refractivity contribution in [2.45, 2.75) is 24.7 Å². The molecule has 0 aliphatic carbocycles. The van der Waals surface area contributed by atoms with Crippen LogP contribution >= 0.6 is 0 Å². The molecule has 10 heavy (non-hydrogen) atoms. The van der Waals surface area contributed by atoms with Crippen LogP contribution in [0.15, 0.2) is 0 Å². The highest BCUT2D eigenvalue weighted by atomic mass is 19.4. The summed E-state index contributed by atoms with van der Waals surface area (Å²) in [5.41, 5.74) is 5.20. The molecule has 0 unspecified atom stereocenters. The molecule has 0 radical (unpaired) electrons. The van der Waals surface area contributed by atoms with Crippen LogP contribution in [0, 0.1) is 0 Å². The SMILES string of the molecule is N[C@H]1CO[C@@H](C(F)(F)F)C1. The summed E-state index contributed by atoms with van der Waals surface area (Å²) in [4.78, 5) is 0. The van der Waals surface area contributed by atoms with Crippen LogP contribution in [0.2, 0.25) is 0 Å². The molecule has 1 fully saturated rings. The zero-order valence-electron chi connectivity index (χ0n) is 5.19. The zero-order chi connectivity index (χ0) is 7.78. The Hall–Kier alpha value is -0.290. The van der Waals surface area contributed by atoms with Crippen molar-refractivity contribution in [3.05, 3.63) is 0 Å². The first kappa shape index (κ1) is 7.81. The Labute approximate surface area is 56.1 Å². The Morgan fingerprint density at radius 1 is 1.40 bits per heavy atom. The van der Waals surface area contributed by atoms with E-state index in [0.717, 1.165) is 0 Å². The van der Waals surface area contributed by atoms with E-state index in [2.05, 4.69) is 4.74 Å². The predicted molar refractivity (Wildman–Crippen MR) is 28.4 cm³/mol. The Kier molecular flexibility index (Phi) is 1.87. The van der Waals surface area contributed by atoms with E-state index in [1.807, 2.05) is 0 Å². The number of hydrogen-bond acceptors (Lipinski definition) is 2. The molecule has 0 aromatic rings. The number of alkyl halides is 3. The van der Waals surface area contributed by atoms with Crippen molar-refractivity contribution < 1.29 is 17.9 Å². The number of rotatable bonds is 0. The van der Waals surface area contributed by atoms with Crippen LogP contribution in [-0.4, -0.2) is 24.9 Å². The summed E-state index contributed by atoms with van der Waals surface area (Å²) in [5, 5.41) is 0. The van der Waals surface area contributed by atoms with Crippen LogP contribution in [0.3, 0.4) is 0 Å². The highest BCUT2D eigenvalue weighted by Gasteiger charge is 2.44. The van der Waals surface area contributed by atoms with Crippen LogP contribution in [-0.2, 0) is 4.74 Å². The molecule has 2 N–H and O–H groups in total. The third-order valence-corrected chi connectivity index (χ3v) is 1.39. The van der Waals surface area contributed by atoms with Crippen LogP contribution in [0.1, 0.15) is 6.42 Å². The summed E-state index contributed by atoms with van der Waals surface area (Å²) in [7, 11) is 0. The second-order valence-corrected chi connectivity index (χ2v) is 2.36. The lowest BCUT2D eigenvalue weighted by Gasteiger charge is -2.12. The molecule has 1 heterocycles. The minimum Gasteiger partial charge on any atom is -0.367 e. The highest BCUT2D eigenvalue weighted by Crippen LogP contribution is 2.29. The van der Waals surface area contributed by atoms with E-state index in [1.54, 1.807) is 0 Å². The van der Waals surface area contributed by atoms with Gasteiger partial charge < -0.3 is 10.5 Å². The number of ether oxygens (including phenoxy) is 1. The van der Waals surface area contributed by atoms with Crippen LogP contribution in [0.5, 0.6) is 0 Å². The third-order valence-electron chi connectivity index (χ3n) is 1.39. The number of halogens is 3. The second kappa shape index (κ2) is 2.39. The molecule has 2 nitrogen and oxygen atoms in total. The quantitative estimate of drug-likeness (QED) is 0.557. The molecule has 5 heteroatoms. The van der Waals surface area contributed by atoms with Crippen molar-refractivity contribution in [3.8, 4) is 0 Å². The maximum Gasteiger partial charge on any atom is 0.414 e. The molecule has 0 aromatic carbocycles. The van der Waals surface area contributed by atoms with Crippen molar-refractivity contribution in [3.63, 3.8) is 0 Å². The number of hydrogen-bond donors (Lipinski definition) is 1. The molecule has 0 spiro atoms. The maximum atomic E-state index is 11.8. The highest BCUT2D eigenvalue weighted by molar-refractivity contribution is 4.80. The maximum absolute atomic E-state index is 11.8. The lowest BCUT2D eigenvalue weighted by molar-refractivity contribution is -0.206. The van der Waals surface area contributed by atoms with Crippen molar-refractivity contribution in [1.82, 2.24) is 0 Å². The molecule has 0 saturated carbocycles. The molecule has 1 saturated heterocycles. The van der Waals surface area contributed by atoms with Gasteiger partial charge in [-0.15, -0.1) is 0 Å². The first-order chi connectivity index (χ1) is 4.50. The van der Waals surface area contributed by atoms with Gasteiger partial charge in [-0.25, -0.2) is 0 Å². The Morgan fingerprint density at radius 2 is 2.00 bits per heavy atom. The van der Waals surface area contributed by atoms with Crippen molar-refractivity contribution in [2.75, 3.05) is 6.61 Å². The standard InChI is InChI=1S/C5H8F3NO/c6-5(7,8)4-1-3(9)2-10-4/h3-4H,1-2,9H2/t3-,4-/m1/s1. The summed E-state index contributed by atoms with van der Waals surface area (Å²) in [6.07, 6.45) is -5.99. The summed E-state index contributed by atoms with van der Waals surface area (Å²) in [5.74, 6) is 0. The predicted octanol–water partition coefficient (Wildman–Crippen LogP) is 0.665. The van der Waals surface area contributed by atoms with Crippen LogP contribution in [0.4, 0.5) is 13.2 Å². The average molecular weight is 155 g/mol. The zero-order valence-corrected chi connectivity index (χ0v) is 5.19. The van der Waals surface area contributed by atoms with Gasteiger partial charge in [0.2, 0.25) is 0 Å². The van der Waals surface area contributed by atoms with E-state index in [-0.39, 0.29) is 13.0 Å². The summed E-state index contributed by atoms with van der Waals surface area (Å²) >= 11 is 0. The van der Waals surface area contributed by atoms with E-state index in [0.29, 0.717) is 0 Å². The Bertz CT molecular complexity index is 125. The lowest BCUT2D eigenvalue weighted by atomic mass is 10.2. The molecule has 1 aliphatic heterocycles. The first-order valence-corrected chi connectivity index (χ1v) is 2.94. The van der Waals surface area contributed by atoms with E-state index in [1.165, 1.54) is 0 Å². The normalized spacial score (nSPS) is 34.8. The molecule has 0 bridgehead atoms. The Balaban J connectivity index is 2.45. The van der Waals surface area contributed by atoms with E-state index < -0.39 is 18.3 Å². The summed E-state index contributed by atoms with van der Waals surface area (Å²) < 4.78 is 39.6. The fraction of sp³-hybridized carbons (Fsp3) is 1.00. The average Bonchev–Trinajstić information content (AvgIpc) is 2.11.